The molecule has 1 saturated carbocycles. The first kappa shape index (κ1) is 18.4. The van der Waals surface area contributed by atoms with Gasteiger partial charge in [0.2, 0.25) is 0 Å². The van der Waals surface area contributed by atoms with E-state index in [1.54, 1.807) is 0 Å². The molecule has 2 aliphatic carbocycles. The molecule has 0 saturated heterocycles. The maximum Gasteiger partial charge on any atom is 0.338 e. The predicted molar refractivity (Wildman–Crippen MR) is 113 cm³/mol. The van der Waals surface area contributed by atoms with Crippen molar-refractivity contribution < 1.29 is 9.53 Å². The highest BCUT2D eigenvalue weighted by atomic mass is 16.5. The van der Waals surface area contributed by atoms with Gasteiger partial charge < -0.3 is 9.30 Å². The van der Waals surface area contributed by atoms with Crippen molar-refractivity contribution in [2.24, 2.45) is 11.8 Å². The number of hydrogen-bond donors (Lipinski definition) is 0. The summed E-state index contributed by atoms with van der Waals surface area (Å²) in [6.45, 7) is 0. The summed E-state index contributed by atoms with van der Waals surface area (Å²) in [4.78, 5) is 17.3. The third-order valence-corrected chi connectivity index (χ3v) is 6.93. The second-order valence-corrected chi connectivity index (χ2v) is 8.61. The normalized spacial score (nSPS) is 26.7. The van der Waals surface area contributed by atoms with Gasteiger partial charge in [0.25, 0.3) is 0 Å². The molecule has 150 valence electrons. The second-order valence-electron chi connectivity index (χ2n) is 8.61. The Morgan fingerprint density at radius 2 is 1.90 bits per heavy atom. The number of esters is 1. The molecule has 0 bridgehead atoms. The summed E-state index contributed by atoms with van der Waals surface area (Å²) in [5.74, 6) is 1.05. The van der Waals surface area contributed by atoms with Gasteiger partial charge in [0.05, 0.1) is 11.9 Å². The fourth-order valence-electron chi connectivity index (χ4n) is 5.45. The summed E-state index contributed by atoms with van der Waals surface area (Å²) in [5.41, 5.74) is 1.92. The Morgan fingerprint density at radius 1 is 1.10 bits per heavy atom. The first-order valence-electron chi connectivity index (χ1n) is 10.9. The van der Waals surface area contributed by atoms with E-state index in [9.17, 15) is 4.79 Å². The van der Waals surface area contributed by atoms with Gasteiger partial charge in [0.15, 0.2) is 0 Å². The highest BCUT2D eigenvalue weighted by Gasteiger charge is 2.41. The Labute approximate surface area is 172 Å². The van der Waals surface area contributed by atoms with Gasteiger partial charge in [-0.3, -0.25) is 0 Å². The Hall–Kier alpha value is -2.62. The Kier molecular flexibility index (Phi) is 5.09. The van der Waals surface area contributed by atoms with Crippen LogP contribution in [0.2, 0.25) is 0 Å². The first-order chi connectivity index (χ1) is 14.3. The van der Waals surface area contributed by atoms with Crippen molar-refractivity contribution in [1.82, 2.24) is 9.55 Å². The number of ether oxygens (including phenoxy) is 1. The average molecular weight is 389 g/mol. The maximum atomic E-state index is 12.9. The number of nitrogens with zero attached hydrogens (tertiary/aromatic N) is 2. The lowest BCUT2D eigenvalue weighted by Crippen LogP contribution is -2.32. The third kappa shape index (κ3) is 3.57. The minimum atomic E-state index is -0.194. The number of carbonyl (C=O) groups is 1. The number of carbonyl (C=O) groups excluding carboxylic acids is 1. The van der Waals surface area contributed by atoms with E-state index < -0.39 is 0 Å². The van der Waals surface area contributed by atoms with E-state index in [1.807, 2.05) is 42.9 Å². The zero-order valence-corrected chi connectivity index (χ0v) is 16.7. The molecule has 29 heavy (non-hydrogen) atoms. The molecule has 1 aliphatic heterocycles. The first-order valence-corrected chi connectivity index (χ1v) is 10.9. The van der Waals surface area contributed by atoms with Crippen molar-refractivity contribution in [3.8, 4) is 0 Å². The molecule has 0 N–H and O–H groups in total. The molecule has 2 aromatic rings. The number of allylic oxidation sites excluding steroid dienone is 4. The molecule has 1 aromatic heterocycles. The van der Waals surface area contributed by atoms with Crippen molar-refractivity contribution in [1.29, 1.82) is 0 Å². The molecular formula is C25H28N2O2. The standard InChI is InChI=1S/C25H28N2O2/c28-25(19-11-5-2-6-12-19)29-24(18-9-3-1-4-10-18)15-22-20-13-7-8-14-21(20)23-16-26-17-27(22)23/h2,5-8,11-14,16-18,20-22,24H,1,3-4,9-10,15H2. The molecule has 1 fully saturated rings. The van der Waals surface area contributed by atoms with Gasteiger partial charge in [-0.2, -0.15) is 0 Å². The number of benzene rings is 1. The summed E-state index contributed by atoms with van der Waals surface area (Å²) >= 11 is 0. The van der Waals surface area contributed by atoms with Gasteiger partial charge >= 0.3 is 5.97 Å². The monoisotopic (exact) mass is 388 g/mol. The van der Waals surface area contributed by atoms with E-state index in [4.69, 9.17) is 4.74 Å². The van der Waals surface area contributed by atoms with Gasteiger partial charge in [-0.15, -0.1) is 0 Å². The van der Waals surface area contributed by atoms with Crippen LogP contribution in [0.15, 0.2) is 67.2 Å². The van der Waals surface area contributed by atoms with Gasteiger partial charge in [-0.1, -0.05) is 61.8 Å². The molecular weight excluding hydrogens is 360 g/mol. The Bertz CT molecular complexity index is 908. The largest absolute Gasteiger partial charge is 0.458 e. The Morgan fingerprint density at radius 3 is 2.72 bits per heavy atom. The van der Waals surface area contributed by atoms with Crippen molar-refractivity contribution in [2.75, 3.05) is 0 Å². The molecule has 0 spiro atoms. The summed E-state index contributed by atoms with van der Waals surface area (Å²) < 4.78 is 8.52. The van der Waals surface area contributed by atoms with E-state index in [-0.39, 0.29) is 18.1 Å². The highest BCUT2D eigenvalue weighted by molar-refractivity contribution is 5.89. The highest BCUT2D eigenvalue weighted by Crippen LogP contribution is 2.47. The minimum absolute atomic E-state index is 0.0543. The van der Waals surface area contributed by atoms with E-state index >= 15 is 0 Å². The van der Waals surface area contributed by atoms with Gasteiger partial charge in [-0.25, -0.2) is 9.78 Å². The van der Waals surface area contributed by atoms with Crippen LogP contribution in [0.3, 0.4) is 0 Å². The molecule has 4 nitrogen and oxygen atoms in total. The molecule has 4 heteroatoms. The molecule has 5 rings (SSSR count). The summed E-state index contributed by atoms with van der Waals surface area (Å²) in [6, 6.07) is 9.69. The van der Waals surface area contributed by atoms with Gasteiger partial charge in [0.1, 0.15) is 6.10 Å². The van der Waals surface area contributed by atoms with Crippen LogP contribution in [0.25, 0.3) is 0 Å². The van der Waals surface area contributed by atoms with Crippen molar-refractivity contribution >= 4 is 5.97 Å². The number of fused-ring (bicyclic) bond motifs is 3. The summed E-state index contributed by atoms with van der Waals surface area (Å²) in [7, 11) is 0. The fraction of sp³-hybridized carbons (Fsp3) is 0.440. The van der Waals surface area contributed by atoms with E-state index in [0.29, 0.717) is 23.3 Å². The van der Waals surface area contributed by atoms with Crippen LogP contribution >= 0.6 is 0 Å². The predicted octanol–water partition coefficient (Wildman–Crippen LogP) is 5.46. The number of rotatable bonds is 5. The van der Waals surface area contributed by atoms with Crippen LogP contribution in [0, 0.1) is 11.8 Å². The van der Waals surface area contributed by atoms with Crippen molar-refractivity contribution in [2.45, 2.75) is 56.6 Å². The fourth-order valence-corrected chi connectivity index (χ4v) is 5.45. The van der Waals surface area contributed by atoms with Crippen molar-refractivity contribution in [3.63, 3.8) is 0 Å². The third-order valence-electron chi connectivity index (χ3n) is 6.93. The average Bonchev–Trinajstić information content (AvgIpc) is 3.37. The lowest BCUT2D eigenvalue weighted by molar-refractivity contribution is -0.00147. The Balaban J connectivity index is 1.40. The van der Waals surface area contributed by atoms with E-state index in [1.165, 1.54) is 25.0 Å². The van der Waals surface area contributed by atoms with Crippen LogP contribution in [0.1, 0.15) is 66.5 Å². The SMILES string of the molecule is O=C(OC(CC1C2C=CC=CC2c2cncn21)C1CCCCC1)c1ccccc1. The van der Waals surface area contributed by atoms with Gasteiger partial charge in [-0.05, 0) is 30.9 Å². The summed E-state index contributed by atoms with van der Waals surface area (Å²) in [5, 5.41) is 0. The molecule has 4 atom stereocenters. The molecule has 1 aromatic carbocycles. The van der Waals surface area contributed by atoms with E-state index in [0.717, 1.165) is 19.3 Å². The minimum Gasteiger partial charge on any atom is -0.458 e. The molecule has 2 heterocycles. The molecule has 3 aliphatic rings. The van der Waals surface area contributed by atoms with Crippen LogP contribution in [0.4, 0.5) is 0 Å². The van der Waals surface area contributed by atoms with Crippen LogP contribution in [0.5, 0.6) is 0 Å². The quantitative estimate of drug-likeness (QED) is 0.639. The number of hydrogen-bond acceptors (Lipinski definition) is 3. The zero-order chi connectivity index (χ0) is 19.6. The van der Waals surface area contributed by atoms with Crippen molar-refractivity contribution in [3.05, 3.63) is 78.4 Å². The van der Waals surface area contributed by atoms with E-state index in [2.05, 4.69) is 33.9 Å². The zero-order valence-electron chi connectivity index (χ0n) is 16.7. The molecule has 0 amide bonds. The topological polar surface area (TPSA) is 44.1 Å². The number of aromatic nitrogens is 2. The summed E-state index contributed by atoms with van der Waals surface area (Å²) in [6.07, 6.45) is 19.7. The lowest BCUT2D eigenvalue weighted by Gasteiger charge is -2.33. The lowest BCUT2D eigenvalue weighted by atomic mass is 9.79. The van der Waals surface area contributed by atoms with Gasteiger partial charge in [0, 0.05) is 36.2 Å². The molecule has 0 radical (unpaired) electrons. The number of imidazole rings is 1. The van der Waals surface area contributed by atoms with Crippen LogP contribution in [-0.4, -0.2) is 21.6 Å². The van der Waals surface area contributed by atoms with Crippen LogP contribution in [-0.2, 0) is 4.74 Å². The smallest absolute Gasteiger partial charge is 0.338 e. The maximum absolute atomic E-state index is 12.9. The van der Waals surface area contributed by atoms with Crippen LogP contribution < -0.4 is 0 Å². The second kappa shape index (κ2) is 8.02. The molecule has 4 unspecified atom stereocenters.